The highest BCUT2D eigenvalue weighted by atomic mass is 19.1. The Morgan fingerprint density at radius 1 is 1.39 bits per heavy atom. The molecule has 28 heavy (non-hydrogen) atoms. The van der Waals surface area contributed by atoms with E-state index in [1.807, 2.05) is 6.92 Å². The fraction of sp³-hybridized carbons (Fsp3) is 0.762. The number of alkyl halides is 2. The largest absolute Gasteiger partial charge is 0.481 e. The Morgan fingerprint density at radius 3 is 2.75 bits per heavy atom. The van der Waals surface area contributed by atoms with Gasteiger partial charge in [-0.2, -0.15) is 0 Å². The monoisotopic (exact) mass is 402 g/mol. The zero-order valence-electron chi connectivity index (χ0n) is 16.5. The molecule has 8 atom stereocenters. The average Bonchev–Trinajstić information content (AvgIpc) is 3.09. The van der Waals surface area contributed by atoms with Crippen LogP contribution in [-0.2, 0) is 9.53 Å². The predicted octanol–water partition coefficient (Wildman–Crippen LogP) is 3.35. The summed E-state index contributed by atoms with van der Waals surface area (Å²) in [5.41, 5.74) is -1.77. The van der Waals surface area contributed by atoms with Crippen LogP contribution in [-0.4, -0.2) is 57.5 Å². The summed E-state index contributed by atoms with van der Waals surface area (Å²) in [6, 6.07) is 0. The Kier molecular flexibility index (Phi) is 8.16. The molecule has 7 heteroatoms. The topological polar surface area (TPSA) is 87.0 Å². The summed E-state index contributed by atoms with van der Waals surface area (Å²) >= 11 is 0. The first-order chi connectivity index (χ1) is 13.2. The fourth-order valence-corrected chi connectivity index (χ4v) is 4.07. The molecule has 1 aliphatic carbocycles. The molecule has 0 radical (unpaired) electrons. The number of allylic oxidation sites excluding steroid dienone is 1. The zero-order chi connectivity index (χ0) is 20.9. The van der Waals surface area contributed by atoms with Crippen molar-refractivity contribution in [2.45, 2.75) is 88.6 Å². The molecule has 0 aromatic rings. The number of rotatable bonds is 10. The Labute approximate surface area is 165 Å². The van der Waals surface area contributed by atoms with Crippen LogP contribution in [0.25, 0.3) is 0 Å². The van der Waals surface area contributed by atoms with Crippen molar-refractivity contribution in [2.24, 2.45) is 11.8 Å². The number of carboxylic acid groups (broad SMARTS) is 1. The first-order valence-corrected chi connectivity index (χ1v) is 10.1. The number of carbonyl (C=O) groups is 1. The van der Waals surface area contributed by atoms with Gasteiger partial charge in [0.15, 0.2) is 0 Å². The third-order valence-corrected chi connectivity index (χ3v) is 5.81. The van der Waals surface area contributed by atoms with Crippen molar-refractivity contribution >= 4 is 5.97 Å². The summed E-state index contributed by atoms with van der Waals surface area (Å²) < 4.78 is 35.2. The van der Waals surface area contributed by atoms with Crippen molar-refractivity contribution in [3.63, 3.8) is 0 Å². The standard InChI is InChI=1S/C21H32F2O5/c1-3-4-11-21(2,23)17(25)10-9-13-14(24)12-16-19(13)20(22)15(28-16)7-5-6-8-18(26)27/h5,7,9-10,13-17,19-20,24-25H,3-4,6,8,11-12H2,1-2H3,(H,26,27)/b7-5+,10-9+/t13-,14+,15?,16-,17+,19+,20?,21?/m0/s1. The molecule has 5 nitrogen and oxygen atoms in total. The van der Waals surface area contributed by atoms with Crippen LogP contribution in [0.2, 0.25) is 0 Å². The highest BCUT2D eigenvalue weighted by Gasteiger charge is 2.54. The average molecular weight is 402 g/mol. The Hall–Kier alpha value is -1.31. The summed E-state index contributed by atoms with van der Waals surface area (Å²) in [6.45, 7) is 3.29. The smallest absolute Gasteiger partial charge is 0.303 e. The van der Waals surface area contributed by atoms with Crippen molar-refractivity contribution in [3.8, 4) is 0 Å². The maximum absolute atomic E-state index is 14.9. The van der Waals surface area contributed by atoms with Gasteiger partial charge in [-0.15, -0.1) is 0 Å². The lowest BCUT2D eigenvalue weighted by atomic mass is 9.87. The maximum atomic E-state index is 14.9. The predicted molar refractivity (Wildman–Crippen MR) is 101 cm³/mol. The van der Waals surface area contributed by atoms with E-state index in [9.17, 15) is 23.8 Å². The van der Waals surface area contributed by atoms with Gasteiger partial charge >= 0.3 is 5.97 Å². The summed E-state index contributed by atoms with van der Waals surface area (Å²) in [6.07, 6.45) is 3.51. The van der Waals surface area contributed by atoms with E-state index >= 15 is 0 Å². The Balaban J connectivity index is 1.99. The molecule has 1 saturated carbocycles. The van der Waals surface area contributed by atoms with Gasteiger partial charge in [0.2, 0.25) is 0 Å². The first kappa shape index (κ1) is 23.0. The van der Waals surface area contributed by atoms with E-state index in [1.54, 1.807) is 6.08 Å². The third kappa shape index (κ3) is 5.61. The second kappa shape index (κ2) is 9.94. The number of fused-ring (bicyclic) bond motifs is 1. The van der Waals surface area contributed by atoms with E-state index in [1.165, 1.54) is 25.2 Å². The van der Waals surface area contributed by atoms with E-state index in [2.05, 4.69) is 0 Å². The van der Waals surface area contributed by atoms with Crippen LogP contribution in [0.15, 0.2) is 24.3 Å². The molecule has 0 amide bonds. The van der Waals surface area contributed by atoms with Gasteiger partial charge in [0.05, 0.1) is 12.2 Å². The van der Waals surface area contributed by atoms with Gasteiger partial charge in [0.1, 0.15) is 24.0 Å². The number of ether oxygens (including phenoxy) is 1. The lowest BCUT2D eigenvalue weighted by Crippen LogP contribution is -2.34. The van der Waals surface area contributed by atoms with E-state index in [0.29, 0.717) is 12.8 Å². The van der Waals surface area contributed by atoms with Crippen molar-refractivity contribution in [3.05, 3.63) is 24.3 Å². The molecule has 0 aromatic carbocycles. The number of aliphatic hydroxyl groups excluding tert-OH is 2. The molecule has 0 aromatic heterocycles. The van der Waals surface area contributed by atoms with Crippen LogP contribution < -0.4 is 0 Å². The molecule has 160 valence electrons. The minimum absolute atomic E-state index is 0.0327. The van der Waals surface area contributed by atoms with Crippen LogP contribution in [0.4, 0.5) is 8.78 Å². The van der Waals surface area contributed by atoms with Crippen LogP contribution >= 0.6 is 0 Å². The molecular formula is C21H32F2O5. The Morgan fingerprint density at radius 2 is 2.11 bits per heavy atom. The fourth-order valence-electron chi connectivity index (χ4n) is 4.07. The quantitative estimate of drug-likeness (QED) is 0.488. The number of aliphatic hydroxyl groups is 2. The molecule has 2 rings (SSSR count). The van der Waals surface area contributed by atoms with Gasteiger partial charge in [-0.1, -0.05) is 44.1 Å². The summed E-state index contributed by atoms with van der Waals surface area (Å²) in [4.78, 5) is 10.5. The number of hydrogen-bond donors (Lipinski definition) is 3. The number of halogens is 2. The lowest BCUT2D eigenvalue weighted by Gasteiger charge is -2.25. The second-order valence-electron chi connectivity index (χ2n) is 8.11. The summed E-state index contributed by atoms with van der Waals surface area (Å²) in [5, 5.41) is 29.1. The van der Waals surface area contributed by atoms with Gasteiger partial charge in [-0.05, 0) is 19.8 Å². The van der Waals surface area contributed by atoms with Gasteiger partial charge in [0, 0.05) is 24.7 Å². The van der Waals surface area contributed by atoms with Crippen molar-refractivity contribution in [2.75, 3.05) is 0 Å². The zero-order valence-corrected chi connectivity index (χ0v) is 16.5. The number of hydrogen-bond acceptors (Lipinski definition) is 4. The molecule has 1 heterocycles. The van der Waals surface area contributed by atoms with Gasteiger partial charge in [-0.25, -0.2) is 8.78 Å². The number of aliphatic carboxylic acids is 1. The second-order valence-corrected chi connectivity index (χ2v) is 8.11. The third-order valence-electron chi connectivity index (χ3n) is 5.81. The van der Waals surface area contributed by atoms with Gasteiger partial charge in [0.25, 0.3) is 0 Å². The molecule has 3 unspecified atom stereocenters. The first-order valence-electron chi connectivity index (χ1n) is 10.1. The molecule has 1 aliphatic heterocycles. The molecule has 3 N–H and O–H groups in total. The Bertz CT molecular complexity index is 577. The summed E-state index contributed by atoms with van der Waals surface area (Å²) in [7, 11) is 0. The molecule has 0 bridgehead atoms. The summed E-state index contributed by atoms with van der Waals surface area (Å²) in [5.74, 6) is -2.06. The van der Waals surface area contributed by atoms with E-state index in [-0.39, 0.29) is 19.3 Å². The number of unbranched alkanes of at least 4 members (excludes halogenated alkanes) is 1. The van der Waals surface area contributed by atoms with Crippen molar-refractivity contribution in [1.82, 2.24) is 0 Å². The van der Waals surface area contributed by atoms with Crippen molar-refractivity contribution < 1.29 is 33.6 Å². The molecule has 2 aliphatic rings. The van der Waals surface area contributed by atoms with Crippen LogP contribution in [0, 0.1) is 11.8 Å². The van der Waals surface area contributed by atoms with Crippen LogP contribution in [0.1, 0.15) is 52.4 Å². The highest BCUT2D eigenvalue weighted by molar-refractivity contribution is 5.66. The van der Waals surface area contributed by atoms with E-state index in [0.717, 1.165) is 6.42 Å². The molecule has 1 saturated heterocycles. The normalized spacial score (nSPS) is 36.1. The minimum atomic E-state index is -1.77. The van der Waals surface area contributed by atoms with Gasteiger partial charge < -0.3 is 20.1 Å². The van der Waals surface area contributed by atoms with E-state index < -0.39 is 54.1 Å². The SMILES string of the molecule is CCCCC(C)(F)[C@H](O)/C=C/[C@@H]1[C@H]2C(F)C(/C=C/CCC(=O)O)O[C@H]2C[C@H]1O. The van der Waals surface area contributed by atoms with Gasteiger partial charge in [-0.3, -0.25) is 4.79 Å². The lowest BCUT2D eigenvalue weighted by molar-refractivity contribution is -0.136. The van der Waals surface area contributed by atoms with Crippen molar-refractivity contribution in [1.29, 1.82) is 0 Å². The molecule has 0 spiro atoms. The van der Waals surface area contributed by atoms with Crippen LogP contribution in [0.5, 0.6) is 0 Å². The van der Waals surface area contributed by atoms with E-state index in [4.69, 9.17) is 9.84 Å². The minimum Gasteiger partial charge on any atom is -0.481 e. The van der Waals surface area contributed by atoms with Crippen LogP contribution in [0.3, 0.4) is 0 Å². The molecular weight excluding hydrogens is 370 g/mol. The highest BCUT2D eigenvalue weighted by Crippen LogP contribution is 2.46. The number of carboxylic acids is 1. The maximum Gasteiger partial charge on any atom is 0.303 e. The molecule has 2 fully saturated rings.